The highest BCUT2D eigenvalue weighted by atomic mass is 32.2. The van der Waals surface area contributed by atoms with E-state index in [1.165, 1.54) is 0 Å². The largest absolute Gasteiger partial charge is 0.390 e. The van der Waals surface area contributed by atoms with Crippen LogP contribution in [0.2, 0.25) is 0 Å². The van der Waals surface area contributed by atoms with Crippen molar-refractivity contribution in [3.63, 3.8) is 0 Å². The molecule has 0 bridgehead atoms. The van der Waals surface area contributed by atoms with Crippen LogP contribution in [0.5, 0.6) is 0 Å². The van der Waals surface area contributed by atoms with Gasteiger partial charge in [-0.3, -0.25) is 0 Å². The Hall–Kier alpha value is 0.170. The molecule has 20 heavy (non-hydrogen) atoms. The third-order valence-electron chi connectivity index (χ3n) is 2.62. The van der Waals surface area contributed by atoms with E-state index in [1.54, 1.807) is 0 Å². The Morgan fingerprint density at radius 1 is 0.850 bits per heavy atom. The number of nitrogens with zero attached hydrogens (tertiary/aromatic N) is 1. The van der Waals surface area contributed by atoms with Crippen LogP contribution in [-0.2, 0) is 4.84 Å². The lowest BCUT2D eigenvalue weighted by molar-refractivity contribution is -0.0169. The van der Waals surface area contributed by atoms with Gasteiger partial charge in [0.2, 0.25) is 0 Å². The number of oxime groups is 1. The quantitative estimate of drug-likeness (QED) is 0.449. The summed E-state index contributed by atoms with van der Waals surface area (Å²) in [5, 5.41) is 4.45. The summed E-state index contributed by atoms with van der Waals surface area (Å²) < 4.78 is 0.515. The Balaban J connectivity index is 4.65. The zero-order valence-electron chi connectivity index (χ0n) is 14.8. The molecule has 0 aromatic heterocycles. The summed E-state index contributed by atoms with van der Waals surface area (Å²) in [6.07, 6.45) is 0.961. The van der Waals surface area contributed by atoms with E-state index in [0.29, 0.717) is 0 Å². The molecule has 0 aliphatic rings. The monoisotopic (exact) mass is 319 g/mol. The first-order chi connectivity index (χ1) is 8.85. The van der Waals surface area contributed by atoms with Crippen LogP contribution in [0.3, 0.4) is 0 Å². The molecule has 4 heteroatoms. The fraction of sp³-hybridized carbons (Fsp3) is 0.938. The van der Waals surface area contributed by atoms with E-state index in [2.05, 4.69) is 67.5 Å². The smallest absolute Gasteiger partial charge is 0.131 e. The second-order valence-corrected chi connectivity index (χ2v) is 11.3. The highest BCUT2D eigenvalue weighted by Gasteiger charge is 2.19. The summed E-state index contributed by atoms with van der Waals surface area (Å²) in [6, 6.07) is 0. The number of hydrogen-bond donors (Lipinski definition) is 0. The number of thioether (sulfide) groups is 2. The van der Waals surface area contributed by atoms with E-state index in [0.717, 1.165) is 23.6 Å². The van der Waals surface area contributed by atoms with Crippen molar-refractivity contribution < 1.29 is 4.84 Å². The Morgan fingerprint density at radius 2 is 1.25 bits per heavy atom. The molecule has 0 atom stereocenters. The molecule has 0 radical (unpaired) electrons. The average molecular weight is 320 g/mol. The predicted octanol–water partition coefficient (Wildman–Crippen LogP) is 5.61. The van der Waals surface area contributed by atoms with Crippen LogP contribution in [0.15, 0.2) is 5.16 Å². The maximum atomic E-state index is 5.73. The molecule has 0 N–H and O–H groups in total. The second kappa shape index (κ2) is 7.98. The number of hydrogen-bond acceptors (Lipinski definition) is 4. The minimum absolute atomic E-state index is 0.177. The van der Waals surface area contributed by atoms with Crippen LogP contribution in [-0.4, -0.2) is 32.3 Å². The highest BCUT2D eigenvalue weighted by molar-refractivity contribution is 8.02. The Labute approximate surface area is 134 Å². The molecule has 0 unspecified atom stereocenters. The first kappa shape index (κ1) is 20.2. The van der Waals surface area contributed by atoms with Gasteiger partial charge in [-0.15, -0.1) is 23.5 Å². The van der Waals surface area contributed by atoms with Crippen molar-refractivity contribution in [1.29, 1.82) is 0 Å². The molecule has 0 saturated heterocycles. The summed E-state index contributed by atoms with van der Waals surface area (Å²) in [7, 11) is 0. The summed E-state index contributed by atoms with van der Waals surface area (Å²) in [5.41, 5.74) is 0.968. The molecule has 2 nitrogen and oxygen atoms in total. The summed E-state index contributed by atoms with van der Waals surface area (Å²) >= 11 is 3.85. The van der Waals surface area contributed by atoms with Crippen LogP contribution < -0.4 is 0 Å². The molecule has 0 aromatic rings. The fourth-order valence-electron chi connectivity index (χ4n) is 0.947. The van der Waals surface area contributed by atoms with Crippen LogP contribution in [0.4, 0.5) is 0 Å². The fourth-order valence-corrected chi connectivity index (χ4v) is 2.58. The molecule has 0 aliphatic heterocycles. The van der Waals surface area contributed by atoms with E-state index in [-0.39, 0.29) is 15.1 Å². The van der Waals surface area contributed by atoms with E-state index in [1.807, 2.05) is 23.5 Å². The van der Waals surface area contributed by atoms with E-state index < -0.39 is 0 Å². The Bertz CT molecular complexity index is 291. The Morgan fingerprint density at radius 3 is 1.55 bits per heavy atom. The molecule has 0 heterocycles. The first-order valence-electron chi connectivity index (χ1n) is 7.36. The van der Waals surface area contributed by atoms with Gasteiger partial charge >= 0.3 is 0 Å². The highest BCUT2D eigenvalue weighted by Crippen LogP contribution is 2.27. The SMILES string of the molecule is CCC(C)(C)ON=C(CSC(C)(C)C)CSC(C)(C)C. The summed E-state index contributed by atoms with van der Waals surface area (Å²) in [5.74, 6) is 1.87. The third kappa shape index (κ3) is 12.0. The normalized spacial score (nSPS) is 13.2. The van der Waals surface area contributed by atoms with E-state index in [4.69, 9.17) is 4.84 Å². The molecule has 0 aliphatic carbocycles. The minimum atomic E-state index is -0.177. The lowest BCUT2D eigenvalue weighted by Crippen LogP contribution is -2.23. The van der Waals surface area contributed by atoms with Gasteiger partial charge in [-0.05, 0) is 20.3 Å². The maximum absolute atomic E-state index is 5.73. The van der Waals surface area contributed by atoms with Gasteiger partial charge < -0.3 is 4.84 Å². The van der Waals surface area contributed by atoms with Gasteiger partial charge in [0.15, 0.2) is 0 Å². The van der Waals surface area contributed by atoms with Crippen LogP contribution in [0, 0.1) is 0 Å². The van der Waals surface area contributed by atoms with Gasteiger partial charge in [-0.2, -0.15) is 0 Å². The lowest BCUT2D eigenvalue weighted by Gasteiger charge is -2.23. The van der Waals surface area contributed by atoms with Gasteiger partial charge in [-0.25, -0.2) is 0 Å². The second-order valence-electron chi connectivity index (χ2n) is 7.66. The maximum Gasteiger partial charge on any atom is 0.131 e. The molecule has 0 aromatic carbocycles. The molecule has 0 amide bonds. The van der Waals surface area contributed by atoms with E-state index in [9.17, 15) is 0 Å². The van der Waals surface area contributed by atoms with Gasteiger partial charge in [0, 0.05) is 21.0 Å². The van der Waals surface area contributed by atoms with Crippen molar-refractivity contribution in [3.05, 3.63) is 0 Å². The Kier molecular flexibility index (Phi) is 8.04. The van der Waals surface area contributed by atoms with Gasteiger partial charge in [0.1, 0.15) is 5.60 Å². The van der Waals surface area contributed by atoms with Crippen molar-refractivity contribution in [2.45, 2.75) is 83.8 Å². The minimum Gasteiger partial charge on any atom is -0.390 e. The van der Waals surface area contributed by atoms with Crippen molar-refractivity contribution in [3.8, 4) is 0 Å². The van der Waals surface area contributed by atoms with Crippen molar-refractivity contribution in [1.82, 2.24) is 0 Å². The zero-order chi connectivity index (χ0) is 16.0. The predicted molar refractivity (Wildman–Crippen MR) is 97.3 cm³/mol. The van der Waals surface area contributed by atoms with E-state index >= 15 is 0 Å². The van der Waals surface area contributed by atoms with Crippen LogP contribution in [0.25, 0.3) is 0 Å². The van der Waals surface area contributed by atoms with Gasteiger partial charge in [0.25, 0.3) is 0 Å². The topological polar surface area (TPSA) is 21.6 Å². The van der Waals surface area contributed by atoms with Crippen molar-refractivity contribution in [2.75, 3.05) is 11.5 Å². The van der Waals surface area contributed by atoms with Gasteiger partial charge in [-0.1, -0.05) is 53.6 Å². The molecule has 0 saturated carbocycles. The molecule has 120 valence electrons. The van der Waals surface area contributed by atoms with Gasteiger partial charge in [0.05, 0.1) is 5.71 Å². The van der Waals surface area contributed by atoms with Crippen LogP contribution in [0.1, 0.15) is 68.7 Å². The van der Waals surface area contributed by atoms with Crippen molar-refractivity contribution in [2.24, 2.45) is 5.16 Å². The zero-order valence-corrected chi connectivity index (χ0v) is 16.4. The van der Waals surface area contributed by atoms with Crippen LogP contribution >= 0.6 is 23.5 Å². The third-order valence-corrected chi connectivity index (χ3v) is 5.30. The number of rotatable bonds is 7. The first-order valence-corrected chi connectivity index (χ1v) is 9.33. The molecule has 0 fully saturated rings. The molecular formula is C16H33NOS2. The average Bonchev–Trinajstić information content (AvgIpc) is 2.25. The summed E-state index contributed by atoms with van der Waals surface area (Å²) in [6.45, 7) is 19.7. The van der Waals surface area contributed by atoms with Crippen molar-refractivity contribution >= 4 is 29.2 Å². The molecule has 0 spiro atoms. The lowest BCUT2D eigenvalue weighted by atomic mass is 10.1. The summed E-state index contributed by atoms with van der Waals surface area (Å²) in [4.78, 5) is 5.73. The molecular weight excluding hydrogens is 286 g/mol. The molecule has 0 rings (SSSR count). The standard InChI is InChI=1S/C16H33NOS2/c1-10-16(8,9)18-17-13(11-19-14(2,3)4)12-20-15(5,6)7/h10-12H2,1-9H3.